The maximum atomic E-state index is 10.7. The van der Waals surface area contributed by atoms with Crippen molar-refractivity contribution < 1.29 is 9.53 Å². The molecule has 1 heterocycles. The normalized spacial score (nSPS) is 10.7. The van der Waals surface area contributed by atoms with E-state index in [0.29, 0.717) is 6.61 Å². The lowest BCUT2D eigenvalue weighted by Crippen LogP contribution is -2.05. The second-order valence-corrected chi connectivity index (χ2v) is 5.24. The Morgan fingerprint density at radius 3 is 2.90 bits per heavy atom. The Hall–Kier alpha value is -1.89. The van der Waals surface area contributed by atoms with Crippen LogP contribution in [0.5, 0.6) is 5.75 Å². The molecule has 102 valence electrons. The molecule has 0 saturated heterocycles. The highest BCUT2D eigenvalue weighted by molar-refractivity contribution is 14.1. The van der Waals surface area contributed by atoms with E-state index in [2.05, 4.69) is 27.6 Å². The fourth-order valence-electron chi connectivity index (χ4n) is 1.56. The van der Waals surface area contributed by atoms with E-state index in [0.717, 1.165) is 20.4 Å². The summed E-state index contributed by atoms with van der Waals surface area (Å²) in [6.07, 6.45) is 6.51. The van der Waals surface area contributed by atoms with Gasteiger partial charge in [0.05, 0.1) is 3.57 Å². The van der Waals surface area contributed by atoms with E-state index in [-0.39, 0.29) is 0 Å². The fourth-order valence-corrected chi connectivity index (χ4v) is 2.26. The summed E-state index contributed by atoms with van der Waals surface area (Å²) in [6.45, 7) is 0.473. The highest BCUT2D eigenvalue weighted by atomic mass is 127. The Balaban J connectivity index is 2.04. The topological polar surface area (TPSA) is 65.2 Å². The largest absolute Gasteiger partial charge is 0.488 e. The molecule has 2 rings (SSSR count). The second-order valence-electron chi connectivity index (χ2n) is 4.08. The third-order valence-corrected chi connectivity index (χ3v) is 3.36. The van der Waals surface area contributed by atoms with Crippen LogP contribution in [0.25, 0.3) is 6.08 Å². The molecule has 0 bridgehead atoms. The number of benzene rings is 1. The first-order valence-electron chi connectivity index (χ1n) is 5.94. The van der Waals surface area contributed by atoms with Crippen LogP contribution >= 0.6 is 22.6 Å². The number of carbonyl (C=O) groups is 1. The SMILES string of the molecule is NC(=O)/C=C/c1ccc(OCc2cccnc2)c(I)c1. The molecule has 0 atom stereocenters. The minimum atomic E-state index is -0.461. The summed E-state index contributed by atoms with van der Waals surface area (Å²) in [7, 11) is 0. The Labute approximate surface area is 130 Å². The Bertz CT molecular complexity index is 627. The molecule has 0 saturated carbocycles. The number of hydrogen-bond acceptors (Lipinski definition) is 3. The van der Waals surface area contributed by atoms with Crippen LogP contribution in [-0.2, 0) is 11.4 Å². The number of pyridine rings is 1. The molecule has 0 aliphatic heterocycles. The van der Waals surface area contributed by atoms with Crippen molar-refractivity contribution in [2.75, 3.05) is 0 Å². The van der Waals surface area contributed by atoms with Crippen molar-refractivity contribution in [2.24, 2.45) is 5.73 Å². The molecular weight excluding hydrogens is 367 g/mol. The number of rotatable bonds is 5. The molecular formula is C15H13IN2O2. The maximum absolute atomic E-state index is 10.7. The summed E-state index contributed by atoms with van der Waals surface area (Å²) in [6, 6.07) is 9.52. The molecule has 1 aromatic heterocycles. The lowest BCUT2D eigenvalue weighted by molar-refractivity contribution is -0.113. The number of nitrogens with two attached hydrogens (primary N) is 1. The molecule has 2 N–H and O–H groups in total. The molecule has 4 nitrogen and oxygen atoms in total. The highest BCUT2D eigenvalue weighted by Gasteiger charge is 2.02. The lowest BCUT2D eigenvalue weighted by Gasteiger charge is -2.08. The number of nitrogens with zero attached hydrogens (tertiary/aromatic N) is 1. The van der Waals surface area contributed by atoms with E-state index >= 15 is 0 Å². The average molecular weight is 380 g/mol. The van der Waals surface area contributed by atoms with Gasteiger partial charge in [0.1, 0.15) is 12.4 Å². The van der Waals surface area contributed by atoms with Crippen LogP contribution in [0.4, 0.5) is 0 Å². The lowest BCUT2D eigenvalue weighted by atomic mass is 10.2. The van der Waals surface area contributed by atoms with Crippen molar-refractivity contribution in [3.63, 3.8) is 0 Å². The zero-order valence-corrected chi connectivity index (χ0v) is 12.8. The van der Waals surface area contributed by atoms with Gasteiger partial charge in [0.15, 0.2) is 0 Å². The standard InChI is InChI=1S/C15H13IN2O2/c16-13-8-11(4-6-15(17)19)3-5-14(13)20-10-12-2-1-7-18-9-12/h1-9H,10H2,(H2,17,19)/b6-4+. The highest BCUT2D eigenvalue weighted by Crippen LogP contribution is 2.23. The number of aromatic nitrogens is 1. The molecule has 5 heteroatoms. The minimum absolute atomic E-state index is 0.461. The van der Waals surface area contributed by atoms with Crippen LogP contribution in [0.3, 0.4) is 0 Å². The van der Waals surface area contributed by atoms with Gasteiger partial charge in [-0.15, -0.1) is 0 Å². The van der Waals surface area contributed by atoms with Gasteiger partial charge in [-0.05, 0) is 52.4 Å². The van der Waals surface area contributed by atoms with Gasteiger partial charge in [-0.2, -0.15) is 0 Å². The van der Waals surface area contributed by atoms with Crippen molar-refractivity contribution in [3.05, 3.63) is 63.5 Å². The van der Waals surface area contributed by atoms with Gasteiger partial charge in [0, 0.05) is 24.0 Å². The Kier molecular flexibility index (Phi) is 5.11. The Morgan fingerprint density at radius 2 is 2.25 bits per heavy atom. The smallest absolute Gasteiger partial charge is 0.241 e. The van der Waals surface area contributed by atoms with E-state index in [1.807, 2.05) is 30.3 Å². The predicted molar refractivity (Wildman–Crippen MR) is 86.0 cm³/mol. The third-order valence-electron chi connectivity index (χ3n) is 2.51. The summed E-state index contributed by atoms with van der Waals surface area (Å²) in [4.78, 5) is 14.7. The van der Waals surface area contributed by atoms with Gasteiger partial charge < -0.3 is 10.5 Å². The van der Waals surface area contributed by atoms with Crippen molar-refractivity contribution in [3.8, 4) is 5.75 Å². The second kappa shape index (κ2) is 7.04. The van der Waals surface area contributed by atoms with Crippen LogP contribution in [-0.4, -0.2) is 10.9 Å². The van der Waals surface area contributed by atoms with E-state index in [1.165, 1.54) is 6.08 Å². The number of primary amides is 1. The molecule has 20 heavy (non-hydrogen) atoms. The summed E-state index contributed by atoms with van der Waals surface area (Å²) >= 11 is 2.20. The average Bonchev–Trinajstić information content (AvgIpc) is 2.45. The van der Waals surface area contributed by atoms with Gasteiger partial charge in [-0.25, -0.2) is 0 Å². The number of ether oxygens (including phenoxy) is 1. The van der Waals surface area contributed by atoms with E-state index in [9.17, 15) is 4.79 Å². The van der Waals surface area contributed by atoms with E-state index in [4.69, 9.17) is 10.5 Å². The molecule has 1 aromatic carbocycles. The van der Waals surface area contributed by atoms with Gasteiger partial charge >= 0.3 is 0 Å². The molecule has 0 aliphatic carbocycles. The summed E-state index contributed by atoms with van der Waals surface area (Å²) in [5.41, 5.74) is 6.98. The van der Waals surface area contributed by atoms with Gasteiger partial charge in [-0.3, -0.25) is 9.78 Å². The summed E-state index contributed by atoms with van der Waals surface area (Å²) in [5.74, 6) is 0.336. The first-order valence-corrected chi connectivity index (χ1v) is 7.02. The minimum Gasteiger partial charge on any atom is -0.488 e. The molecule has 0 spiro atoms. The molecule has 2 aromatic rings. The first-order chi connectivity index (χ1) is 9.65. The zero-order chi connectivity index (χ0) is 14.4. The third kappa shape index (κ3) is 4.34. The van der Waals surface area contributed by atoms with Gasteiger partial charge in [-0.1, -0.05) is 12.1 Å². The number of carbonyl (C=O) groups excluding carboxylic acids is 1. The summed E-state index contributed by atoms with van der Waals surface area (Å²) < 4.78 is 6.71. The molecule has 0 aliphatic rings. The molecule has 0 fully saturated rings. The number of hydrogen-bond donors (Lipinski definition) is 1. The van der Waals surface area contributed by atoms with Crippen molar-refractivity contribution >= 4 is 34.6 Å². The van der Waals surface area contributed by atoms with Crippen molar-refractivity contribution in [1.82, 2.24) is 4.98 Å². The van der Waals surface area contributed by atoms with Gasteiger partial charge in [0.2, 0.25) is 5.91 Å². The van der Waals surface area contributed by atoms with Crippen LogP contribution in [0.15, 0.2) is 48.8 Å². The van der Waals surface area contributed by atoms with Gasteiger partial charge in [0.25, 0.3) is 0 Å². The quantitative estimate of drug-likeness (QED) is 0.641. The van der Waals surface area contributed by atoms with Crippen LogP contribution in [0.2, 0.25) is 0 Å². The van der Waals surface area contributed by atoms with Crippen LogP contribution in [0.1, 0.15) is 11.1 Å². The first kappa shape index (κ1) is 14.5. The van der Waals surface area contributed by atoms with Crippen LogP contribution in [0, 0.1) is 3.57 Å². The Morgan fingerprint density at radius 1 is 1.40 bits per heavy atom. The van der Waals surface area contributed by atoms with Crippen LogP contribution < -0.4 is 10.5 Å². The zero-order valence-electron chi connectivity index (χ0n) is 10.6. The predicted octanol–water partition coefficient (Wildman–Crippen LogP) is 2.76. The van der Waals surface area contributed by atoms with Crippen molar-refractivity contribution in [1.29, 1.82) is 0 Å². The maximum Gasteiger partial charge on any atom is 0.241 e. The monoisotopic (exact) mass is 380 g/mol. The number of amides is 1. The molecule has 0 radical (unpaired) electrons. The van der Waals surface area contributed by atoms with Crippen molar-refractivity contribution in [2.45, 2.75) is 6.61 Å². The fraction of sp³-hybridized carbons (Fsp3) is 0.0667. The number of halogens is 1. The summed E-state index contributed by atoms with van der Waals surface area (Å²) in [5, 5.41) is 0. The molecule has 0 unspecified atom stereocenters. The van der Waals surface area contributed by atoms with E-state index < -0.39 is 5.91 Å². The van der Waals surface area contributed by atoms with E-state index in [1.54, 1.807) is 18.5 Å². The molecule has 1 amide bonds.